The maximum absolute atomic E-state index is 3.22. The van der Waals surface area contributed by atoms with E-state index in [1.807, 2.05) is 7.05 Å². The van der Waals surface area contributed by atoms with E-state index in [9.17, 15) is 0 Å². The van der Waals surface area contributed by atoms with Gasteiger partial charge in [-0.3, -0.25) is 0 Å². The fourth-order valence-electron chi connectivity index (χ4n) is 1.85. The highest BCUT2D eigenvalue weighted by Gasteiger charge is 2.04. The van der Waals surface area contributed by atoms with E-state index < -0.39 is 0 Å². The summed E-state index contributed by atoms with van der Waals surface area (Å²) in [7, 11) is 2.01. The van der Waals surface area contributed by atoms with E-state index in [1.54, 1.807) is 0 Å². The lowest BCUT2D eigenvalue weighted by Gasteiger charge is -2.12. The van der Waals surface area contributed by atoms with Crippen molar-refractivity contribution in [3.8, 4) is 0 Å². The first-order valence-electron chi connectivity index (χ1n) is 4.82. The molecule has 0 aliphatic heterocycles. The molecular formula is C12H15N. The molecule has 68 valence electrons. The van der Waals surface area contributed by atoms with Crippen LogP contribution in [0.2, 0.25) is 0 Å². The van der Waals surface area contributed by atoms with Gasteiger partial charge in [-0.2, -0.15) is 0 Å². The van der Waals surface area contributed by atoms with Crippen molar-refractivity contribution in [1.29, 1.82) is 0 Å². The van der Waals surface area contributed by atoms with Crippen LogP contribution in [0.3, 0.4) is 0 Å². The normalized spacial score (nSPS) is 19.9. The molecule has 0 amide bonds. The second-order valence-corrected chi connectivity index (χ2v) is 3.55. The maximum Gasteiger partial charge on any atom is 0.00145 e. The van der Waals surface area contributed by atoms with E-state index in [4.69, 9.17) is 0 Å². The molecule has 1 atom stereocenters. The molecule has 0 bridgehead atoms. The van der Waals surface area contributed by atoms with E-state index in [2.05, 4.69) is 41.7 Å². The zero-order valence-corrected chi connectivity index (χ0v) is 7.96. The highest BCUT2D eigenvalue weighted by atomic mass is 14.8. The Morgan fingerprint density at radius 1 is 1.31 bits per heavy atom. The van der Waals surface area contributed by atoms with Gasteiger partial charge in [-0.1, -0.05) is 36.4 Å². The molecule has 0 aromatic heterocycles. The summed E-state index contributed by atoms with van der Waals surface area (Å²) in [5.41, 5.74) is 0. The van der Waals surface area contributed by atoms with E-state index in [0.29, 0.717) is 5.92 Å². The van der Waals surface area contributed by atoms with Crippen LogP contribution in [0, 0.1) is 5.92 Å². The summed E-state index contributed by atoms with van der Waals surface area (Å²) < 4.78 is 0. The minimum atomic E-state index is 0.667. The molecule has 1 nitrogen and oxygen atoms in total. The fourth-order valence-corrected chi connectivity index (χ4v) is 1.85. The molecule has 1 aromatic rings. The average Bonchev–Trinajstić information content (AvgIpc) is 2.18. The quantitative estimate of drug-likeness (QED) is 0.686. The number of benzene rings is 1. The van der Waals surface area contributed by atoms with Crippen molar-refractivity contribution >= 4 is 12.2 Å². The Kier molecular flexibility index (Phi) is 2.46. The first-order valence-corrected chi connectivity index (χ1v) is 4.82. The number of rotatable bonds is 2. The molecule has 1 unspecified atom stereocenters. The van der Waals surface area contributed by atoms with Crippen LogP contribution in [0.4, 0.5) is 0 Å². The summed E-state index contributed by atoms with van der Waals surface area (Å²) in [6.07, 6.45) is 5.86. The van der Waals surface area contributed by atoms with Gasteiger partial charge in [-0.05, 0) is 29.8 Å². The minimum absolute atomic E-state index is 0.667. The second-order valence-electron chi connectivity index (χ2n) is 3.55. The molecule has 1 heteroatoms. The summed E-state index contributed by atoms with van der Waals surface area (Å²) >= 11 is 0. The van der Waals surface area contributed by atoms with Crippen molar-refractivity contribution in [2.45, 2.75) is 6.42 Å². The van der Waals surface area contributed by atoms with Crippen LogP contribution in [0.15, 0.2) is 24.3 Å². The van der Waals surface area contributed by atoms with E-state index >= 15 is 0 Å². The van der Waals surface area contributed by atoms with Gasteiger partial charge in [0.05, 0.1) is 0 Å². The Hall–Kier alpha value is -1.08. The van der Waals surface area contributed by atoms with Gasteiger partial charge in [0.1, 0.15) is 0 Å². The van der Waals surface area contributed by atoms with Gasteiger partial charge < -0.3 is 5.32 Å². The summed E-state index contributed by atoms with van der Waals surface area (Å²) in [6.45, 7) is 1.07. The molecule has 1 aromatic carbocycles. The van der Waals surface area contributed by atoms with Crippen molar-refractivity contribution in [1.82, 2.24) is 5.32 Å². The smallest absolute Gasteiger partial charge is 0.00145 e. The van der Waals surface area contributed by atoms with Crippen molar-refractivity contribution in [3.05, 3.63) is 34.7 Å². The maximum atomic E-state index is 3.22. The minimum Gasteiger partial charge on any atom is -0.319 e. The predicted molar refractivity (Wildman–Crippen MR) is 56.7 cm³/mol. The monoisotopic (exact) mass is 173 g/mol. The van der Waals surface area contributed by atoms with E-state index in [0.717, 1.165) is 13.0 Å². The highest BCUT2D eigenvalue weighted by molar-refractivity contribution is 5.40. The van der Waals surface area contributed by atoms with Gasteiger partial charge in [-0.15, -0.1) is 0 Å². The molecule has 1 aliphatic rings. The third-order valence-corrected chi connectivity index (χ3v) is 2.52. The molecule has 1 aliphatic carbocycles. The Morgan fingerprint density at radius 2 is 2.08 bits per heavy atom. The lowest BCUT2D eigenvalue weighted by molar-refractivity contribution is 0.640. The lowest BCUT2D eigenvalue weighted by Crippen LogP contribution is -2.31. The van der Waals surface area contributed by atoms with Gasteiger partial charge in [0, 0.05) is 6.54 Å². The molecule has 0 saturated carbocycles. The van der Waals surface area contributed by atoms with Crippen LogP contribution in [0.5, 0.6) is 0 Å². The molecule has 0 fully saturated rings. The van der Waals surface area contributed by atoms with Gasteiger partial charge in [0.2, 0.25) is 0 Å². The van der Waals surface area contributed by atoms with E-state index in [-0.39, 0.29) is 0 Å². The van der Waals surface area contributed by atoms with Crippen LogP contribution < -0.4 is 15.8 Å². The third-order valence-electron chi connectivity index (χ3n) is 2.52. The van der Waals surface area contributed by atoms with Gasteiger partial charge in [0.15, 0.2) is 0 Å². The largest absolute Gasteiger partial charge is 0.319 e. The molecule has 1 N–H and O–H groups in total. The van der Waals surface area contributed by atoms with Crippen molar-refractivity contribution < 1.29 is 0 Å². The van der Waals surface area contributed by atoms with Crippen LogP contribution in [0.25, 0.3) is 12.2 Å². The Labute approximate surface area is 78.8 Å². The van der Waals surface area contributed by atoms with Crippen molar-refractivity contribution in [3.63, 3.8) is 0 Å². The van der Waals surface area contributed by atoms with Gasteiger partial charge in [-0.25, -0.2) is 0 Å². The van der Waals surface area contributed by atoms with Gasteiger partial charge >= 0.3 is 0 Å². The van der Waals surface area contributed by atoms with Crippen LogP contribution in [0.1, 0.15) is 6.42 Å². The average molecular weight is 173 g/mol. The zero-order chi connectivity index (χ0) is 9.10. The lowest BCUT2D eigenvalue weighted by atomic mass is 9.97. The standard InChI is InChI=1S/C12H15N/c1-13-9-10-6-7-11-4-2-3-5-12(11)8-10/h2-5,7-8,10,13H,6,9H2,1H3. The van der Waals surface area contributed by atoms with Crippen LogP contribution >= 0.6 is 0 Å². The molecule has 0 radical (unpaired) electrons. The Morgan fingerprint density at radius 3 is 2.85 bits per heavy atom. The van der Waals surface area contributed by atoms with Gasteiger partial charge in [0.25, 0.3) is 0 Å². The molecular weight excluding hydrogens is 158 g/mol. The van der Waals surface area contributed by atoms with E-state index in [1.165, 1.54) is 10.4 Å². The second kappa shape index (κ2) is 3.75. The Bertz CT molecular complexity index is 392. The first-order chi connectivity index (χ1) is 6.40. The summed E-state index contributed by atoms with van der Waals surface area (Å²) in [5.74, 6) is 0.667. The van der Waals surface area contributed by atoms with Crippen molar-refractivity contribution in [2.75, 3.05) is 13.6 Å². The summed E-state index contributed by atoms with van der Waals surface area (Å²) in [5, 5.41) is 5.98. The van der Waals surface area contributed by atoms with Crippen molar-refractivity contribution in [2.24, 2.45) is 5.92 Å². The molecule has 0 spiro atoms. The number of hydrogen-bond acceptors (Lipinski definition) is 1. The van der Waals surface area contributed by atoms with Crippen LogP contribution in [-0.4, -0.2) is 13.6 Å². The summed E-state index contributed by atoms with van der Waals surface area (Å²) in [4.78, 5) is 0. The molecule has 0 saturated heterocycles. The predicted octanol–water partition coefficient (Wildman–Crippen LogP) is 0.487. The molecule has 2 rings (SSSR count). The van der Waals surface area contributed by atoms with Crippen LogP contribution in [-0.2, 0) is 0 Å². The topological polar surface area (TPSA) is 12.0 Å². The molecule has 13 heavy (non-hydrogen) atoms. The molecule has 0 heterocycles. The third kappa shape index (κ3) is 1.81. The summed E-state index contributed by atoms with van der Waals surface area (Å²) in [6, 6.07) is 8.57. The number of nitrogens with one attached hydrogen (secondary N) is 1. The first kappa shape index (κ1) is 8.52. The number of fused-ring (bicyclic) bond motifs is 1. The SMILES string of the molecule is CNCC1C=c2ccccc2=CC1. The highest BCUT2D eigenvalue weighted by Crippen LogP contribution is 2.06. The fraction of sp³-hybridized carbons (Fsp3) is 0.333. The zero-order valence-electron chi connectivity index (χ0n) is 7.96. The number of hydrogen-bond donors (Lipinski definition) is 1. The Balaban J connectivity index is 2.38.